The van der Waals surface area contributed by atoms with E-state index in [1.165, 1.54) is 0 Å². The summed E-state index contributed by atoms with van der Waals surface area (Å²) in [4.78, 5) is 0. The van der Waals surface area contributed by atoms with Gasteiger partial charge >= 0.3 is 6.18 Å². The van der Waals surface area contributed by atoms with E-state index in [-0.39, 0.29) is 5.92 Å². The van der Waals surface area contributed by atoms with E-state index in [1.54, 1.807) is 13.8 Å². The lowest BCUT2D eigenvalue weighted by atomic mass is 10.0. The smallest absolute Gasteiger partial charge is 0.207 e. The Bertz CT molecular complexity index is 326. The number of rotatable bonds is 1. The van der Waals surface area contributed by atoms with Crippen molar-refractivity contribution in [2.75, 3.05) is 0 Å². The van der Waals surface area contributed by atoms with Crippen LogP contribution in [0.15, 0.2) is 18.2 Å². The molecule has 1 aromatic rings. The molecule has 4 heteroatoms. The largest absolute Gasteiger partial charge is 0.416 e. The predicted molar refractivity (Wildman–Crippen MR) is 56.8 cm³/mol. The van der Waals surface area contributed by atoms with Crippen LogP contribution in [0.4, 0.5) is 17.6 Å². The van der Waals surface area contributed by atoms with Crippen LogP contribution in [0.5, 0.6) is 0 Å². The number of hydrogen-bond donors (Lipinski definition) is 0. The molecule has 0 saturated heterocycles. The van der Waals surface area contributed by atoms with Gasteiger partial charge in [-0.1, -0.05) is 27.7 Å². The van der Waals surface area contributed by atoms with Crippen molar-refractivity contribution in [2.24, 2.45) is 0 Å². The summed E-state index contributed by atoms with van der Waals surface area (Å²) in [7, 11) is 0. The Morgan fingerprint density at radius 2 is 1.50 bits per heavy atom. The van der Waals surface area contributed by atoms with Crippen molar-refractivity contribution in [3.8, 4) is 0 Å². The van der Waals surface area contributed by atoms with E-state index in [0.29, 0.717) is 11.6 Å². The maximum Gasteiger partial charge on any atom is 0.416 e. The Morgan fingerprint density at radius 1 is 1.00 bits per heavy atom. The first-order valence-corrected chi connectivity index (χ1v) is 5.18. The van der Waals surface area contributed by atoms with E-state index in [2.05, 4.69) is 0 Å². The maximum atomic E-state index is 12.8. The lowest BCUT2D eigenvalue weighted by Gasteiger charge is -2.11. The summed E-state index contributed by atoms with van der Waals surface area (Å²) in [6.45, 7) is 7.43. The number of hydrogen-bond acceptors (Lipinski definition) is 0. The molecule has 0 nitrogen and oxygen atoms in total. The molecule has 0 N–H and O–H groups in total. The number of alkyl halides is 3. The highest BCUT2D eigenvalue weighted by Gasteiger charge is 2.31. The average Bonchev–Trinajstić information content (AvgIpc) is 2.18. The highest BCUT2D eigenvalue weighted by atomic mass is 19.4. The van der Waals surface area contributed by atoms with Crippen molar-refractivity contribution in [3.05, 3.63) is 35.1 Å². The van der Waals surface area contributed by atoms with E-state index in [0.717, 1.165) is 12.1 Å². The molecule has 0 amide bonds. The zero-order valence-corrected chi connectivity index (χ0v) is 9.82. The second-order valence-electron chi connectivity index (χ2n) is 3.43. The summed E-state index contributed by atoms with van der Waals surface area (Å²) in [6, 6.07) is 2.61. The van der Waals surface area contributed by atoms with Gasteiger partial charge < -0.3 is 0 Å². The van der Waals surface area contributed by atoms with Crippen LogP contribution in [0, 0.1) is 5.82 Å². The van der Waals surface area contributed by atoms with Gasteiger partial charge in [-0.3, -0.25) is 0 Å². The molecule has 0 unspecified atom stereocenters. The topological polar surface area (TPSA) is 0 Å². The van der Waals surface area contributed by atoms with Crippen LogP contribution in [0.25, 0.3) is 0 Å². The van der Waals surface area contributed by atoms with Crippen molar-refractivity contribution in [1.29, 1.82) is 0 Å². The van der Waals surface area contributed by atoms with Gasteiger partial charge in [-0.05, 0) is 29.7 Å². The van der Waals surface area contributed by atoms with E-state index in [9.17, 15) is 17.6 Å². The summed E-state index contributed by atoms with van der Waals surface area (Å²) < 4.78 is 49.6. The van der Waals surface area contributed by atoms with Gasteiger partial charge in [0.1, 0.15) is 5.82 Å². The van der Waals surface area contributed by atoms with Crippen molar-refractivity contribution < 1.29 is 17.6 Å². The molecular weight excluding hydrogens is 220 g/mol. The SMILES string of the molecule is CC.CC(C)c1cc(F)cc(C(F)(F)F)c1. The van der Waals surface area contributed by atoms with Gasteiger partial charge in [0.2, 0.25) is 0 Å². The summed E-state index contributed by atoms with van der Waals surface area (Å²) >= 11 is 0. The highest BCUT2D eigenvalue weighted by Crippen LogP contribution is 2.31. The van der Waals surface area contributed by atoms with Crippen LogP contribution in [0.1, 0.15) is 44.7 Å². The lowest BCUT2D eigenvalue weighted by molar-refractivity contribution is -0.137. The molecule has 0 aliphatic carbocycles. The zero-order chi connectivity index (χ0) is 12.9. The number of benzene rings is 1. The van der Waals surface area contributed by atoms with Gasteiger partial charge in [-0.2, -0.15) is 13.2 Å². The number of halogens is 4. The van der Waals surface area contributed by atoms with Crippen LogP contribution < -0.4 is 0 Å². The molecule has 0 saturated carbocycles. The molecule has 0 aliphatic heterocycles. The van der Waals surface area contributed by atoms with Gasteiger partial charge in [-0.25, -0.2) is 4.39 Å². The van der Waals surface area contributed by atoms with Crippen LogP contribution in [-0.2, 0) is 6.18 Å². The molecule has 0 atom stereocenters. The third-order valence-electron chi connectivity index (χ3n) is 1.91. The third kappa shape index (κ3) is 4.21. The van der Waals surface area contributed by atoms with Crippen molar-refractivity contribution in [1.82, 2.24) is 0 Å². The Balaban J connectivity index is 0.00000106. The lowest BCUT2D eigenvalue weighted by Crippen LogP contribution is -2.06. The van der Waals surface area contributed by atoms with Gasteiger partial charge in [0.15, 0.2) is 0 Å². The molecule has 0 spiro atoms. The fourth-order valence-corrected chi connectivity index (χ4v) is 1.11. The molecule has 0 bridgehead atoms. The highest BCUT2D eigenvalue weighted by molar-refractivity contribution is 5.28. The molecule has 0 radical (unpaired) electrons. The first-order valence-electron chi connectivity index (χ1n) is 5.18. The monoisotopic (exact) mass is 236 g/mol. The molecular formula is C12H16F4. The van der Waals surface area contributed by atoms with Crippen LogP contribution in [0.2, 0.25) is 0 Å². The first kappa shape index (κ1) is 14.9. The maximum absolute atomic E-state index is 12.8. The Morgan fingerprint density at radius 3 is 1.88 bits per heavy atom. The van der Waals surface area contributed by atoms with E-state index < -0.39 is 17.6 Å². The second kappa shape index (κ2) is 5.87. The van der Waals surface area contributed by atoms with Crippen molar-refractivity contribution in [2.45, 2.75) is 39.8 Å². The fourth-order valence-electron chi connectivity index (χ4n) is 1.11. The Labute approximate surface area is 93.3 Å². The van der Waals surface area contributed by atoms with E-state index >= 15 is 0 Å². The van der Waals surface area contributed by atoms with E-state index in [1.807, 2.05) is 13.8 Å². The molecule has 92 valence electrons. The van der Waals surface area contributed by atoms with Crippen molar-refractivity contribution in [3.63, 3.8) is 0 Å². The minimum absolute atomic E-state index is 0.119. The molecule has 1 aromatic carbocycles. The van der Waals surface area contributed by atoms with Gasteiger partial charge in [0.25, 0.3) is 0 Å². The average molecular weight is 236 g/mol. The quantitative estimate of drug-likeness (QED) is 0.602. The van der Waals surface area contributed by atoms with Crippen LogP contribution >= 0.6 is 0 Å². The van der Waals surface area contributed by atoms with Crippen LogP contribution in [-0.4, -0.2) is 0 Å². The Hall–Kier alpha value is -1.06. The van der Waals surface area contributed by atoms with Gasteiger partial charge in [0.05, 0.1) is 5.56 Å². The summed E-state index contributed by atoms with van der Waals surface area (Å²) in [5.74, 6) is -0.963. The minimum atomic E-state index is -4.48. The molecule has 1 rings (SSSR count). The first-order chi connectivity index (χ1) is 7.30. The normalized spacial score (nSPS) is 11.1. The van der Waals surface area contributed by atoms with Crippen molar-refractivity contribution >= 4 is 0 Å². The molecule has 0 fully saturated rings. The minimum Gasteiger partial charge on any atom is -0.207 e. The summed E-state index contributed by atoms with van der Waals surface area (Å²) in [6.07, 6.45) is -4.48. The zero-order valence-electron chi connectivity index (χ0n) is 9.82. The standard InChI is InChI=1S/C10H10F4.C2H6/c1-6(2)7-3-8(10(12,13)14)5-9(11)4-7;1-2/h3-6H,1-2H3;1-2H3. The van der Waals surface area contributed by atoms with Gasteiger partial charge in [-0.15, -0.1) is 0 Å². The van der Waals surface area contributed by atoms with Crippen LogP contribution in [0.3, 0.4) is 0 Å². The Kier molecular flexibility index (Phi) is 5.48. The molecule has 16 heavy (non-hydrogen) atoms. The second-order valence-corrected chi connectivity index (χ2v) is 3.43. The third-order valence-corrected chi connectivity index (χ3v) is 1.91. The summed E-state index contributed by atoms with van der Waals surface area (Å²) in [5.41, 5.74) is -0.571. The molecule has 0 aliphatic rings. The van der Waals surface area contributed by atoms with Gasteiger partial charge in [0, 0.05) is 0 Å². The molecule has 0 heterocycles. The molecule has 0 aromatic heterocycles. The van der Waals surface area contributed by atoms with E-state index in [4.69, 9.17) is 0 Å². The predicted octanol–water partition coefficient (Wildman–Crippen LogP) is 4.99. The summed E-state index contributed by atoms with van der Waals surface area (Å²) in [5, 5.41) is 0. The fraction of sp³-hybridized carbons (Fsp3) is 0.500.